The molecule has 4 heteroatoms. The van der Waals surface area contributed by atoms with Crippen LogP contribution in [0.3, 0.4) is 0 Å². The van der Waals surface area contributed by atoms with Crippen molar-refractivity contribution in [2.24, 2.45) is 11.7 Å². The highest BCUT2D eigenvalue weighted by Crippen LogP contribution is 2.16. The van der Waals surface area contributed by atoms with E-state index in [1.54, 1.807) is 0 Å². The lowest BCUT2D eigenvalue weighted by atomic mass is 9.96. The van der Waals surface area contributed by atoms with Gasteiger partial charge in [0.2, 0.25) is 5.91 Å². The fourth-order valence-electron chi connectivity index (χ4n) is 2.43. The maximum absolute atomic E-state index is 11.1. The van der Waals surface area contributed by atoms with Crippen LogP contribution in [0, 0.1) is 5.92 Å². The Bertz CT molecular complexity index is 266. The first kappa shape index (κ1) is 18.9. The van der Waals surface area contributed by atoms with Gasteiger partial charge in [-0.2, -0.15) is 0 Å². The lowest BCUT2D eigenvalue weighted by Gasteiger charge is -2.10. The highest BCUT2D eigenvalue weighted by molar-refractivity contribution is 5.81. The van der Waals surface area contributed by atoms with Crippen LogP contribution in [0.15, 0.2) is 0 Å². The van der Waals surface area contributed by atoms with Crippen LogP contribution in [0.25, 0.3) is 0 Å². The van der Waals surface area contributed by atoms with Gasteiger partial charge in [0.05, 0.1) is 6.42 Å². The van der Waals surface area contributed by atoms with Crippen LogP contribution < -0.4 is 5.73 Å². The molecule has 20 heavy (non-hydrogen) atoms. The van der Waals surface area contributed by atoms with Crippen LogP contribution in [0.4, 0.5) is 0 Å². The van der Waals surface area contributed by atoms with Crippen molar-refractivity contribution in [3.63, 3.8) is 0 Å². The molecule has 0 bridgehead atoms. The van der Waals surface area contributed by atoms with E-state index in [4.69, 9.17) is 10.8 Å². The van der Waals surface area contributed by atoms with Crippen molar-refractivity contribution in [3.8, 4) is 0 Å². The third-order valence-corrected chi connectivity index (χ3v) is 3.73. The zero-order valence-electron chi connectivity index (χ0n) is 12.9. The largest absolute Gasteiger partial charge is 0.481 e. The Kier molecular flexibility index (Phi) is 12.3. The Hall–Kier alpha value is -1.06. The molecule has 1 unspecified atom stereocenters. The number of carboxylic acid groups (broad SMARTS) is 1. The molecule has 0 saturated heterocycles. The molecule has 0 aromatic rings. The fourth-order valence-corrected chi connectivity index (χ4v) is 2.43. The number of amides is 1. The highest BCUT2D eigenvalue weighted by atomic mass is 16.4. The lowest BCUT2D eigenvalue weighted by molar-refractivity contribution is -0.140. The lowest BCUT2D eigenvalue weighted by Crippen LogP contribution is -2.25. The number of nitrogens with two attached hydrogens (primary N) is 1. The second-order valence-corrected chi connectivity index (χ2v) is 5.67. The SMILES string of the molecule is CCCCCCCCCCCCC(CC(=O)O)C(N)=O. The van der Waals surface area contributed by atoms with E-state index in [1.165, 1.54) is 51.4 Å². The molecule has 0 fully saturated rings. The molecule has 1 amide bonds. The second kappa shape index (κ2) is 12.9. The van der Waals surface area contributed by atoms with Gasteiger partial charge in [-0.1, -0.05) is 71.1 Å². The van der Waals surface area contributed by atoms with Gasteiger partial charge in [-0.25, -0.2) is 0 Å². The van der Waals surface area contributed by atoms with E-state index in [0.29, 0.717) is 6.42 Å². The number of carbonyl (C=O) groups excluding carboxylic acids is 1. The third kappa shape index (κ3) is 12.0. The van der Waals surface area contributed by atoms with Crippen LogP contribution in [-0.4, -0.2) is 17.0 Å². The van der Waals surface area contributed by atoms with Gasteiger partial charge < -0.3 is 10.8 Å². The van der Waals surface area contributed by atoms with E-state index >= 15 is 0 Å². The summed E-state index contributed by atoms with van der Waals surface area (Å²) in [5, 5.41) is 8.69. The van der Waals surface area contributed by atoms with E-state index in [2.05, 4.69) is 6.92 Å². The van der Waals surface area contributed by atoms with Crippen molar-refractivity contribution in [2.75, 3.05) is 0 Å². The first-order valence-corrected chi connectivity index (χ1v) is 8.09. The first-order valence-electron chi connectivity index (χ1n) is 8.09. The summed E-state index contributed by atoms with van der Waals surface area (Å²) >= 11 is 0. The normalized spacial score (nSPS) is 12.2. The number of aliphatic carboxylic acids is 1. The monoisotopic (exact) mass is 285 g/mol. The Balaban J connectivity index is 3.41. The van der Waals surface area contributed by atoms with Gasteiger partial charge in [-0.05, 0) is 6.42 Å². The molecule has 0 aromatic heterocycles. The molecule has 4 nitrogen and oxygen atoms in total. The van der Waals surface area contributed by atoms with Gasteiger partial charge in [0.15, 0.2) is 0 Å². The Labute approximate surface area is 123 Å². The molecule has 0 saturated carbocycles. The molecule has 0 heterocycles. The molecule has 1 atom stereocenters. The molecule has 0 radical (unpaired) electrons. The number of unbranched alkanes of at least 4 members (excludes halogenated alkanes) is 9. The smallest absolute Gasteiger partial charge is 0.304 e. The summed E-state index contributed by atoms with van der Waals surface area (Å²) in [6.45, 7) is 2.23. The zero-order valence-corrected chi connectivity index (χ0v) is 12.9. The summed E-state index contributed by atoms with van der Waals surface area (Å²) in [5.74, 6) is -1.93. The van der Waals surface area contributed by atoms with Gasteiger partial charge in [0, 0.05) is 5.92 Å². The first-order chi connectivity index (χ1) is 9.57. The quantitative estimate of drug-likeness (QED) is 0.475. The van der Waals surface area contributed by atoms with E-state index in [-0.39, 0.29) is 6.42 Å². The van der Waals surface area contributed by atoms with Crippen molar-refractivity contribution in [3.05, 3.63) is 0 Å². The van der Waals surface area contributed by atoms with E-state index < -0.39 is 17.8 Å². The van der Waals surface area contributed by atoms with Crippen LogP contribution in [0.2, 0.25) is 0 Å². The minimum absolute atomic E-state index is 0.132. The maximum atomic E-state index is 11.1. The number of hydrogen-bond acceptors (Lipinski definition) is 2. The van der Waals surface area contributed by atoms with Crippen LogP contribution >= 0.6 is 0 Å². The third-order valence-electron chi connectivity index (χ3n) is 3.73. The topological polar surface area (TPSA) is 80.4 Å². The summed E-state index contributed by atoms with van der Waals surface area (Å²) < 4.78 is 0. The van der Waals surface area contributed by atoms with Crippen molar-refractivity contribution in [1.82, 2.24) is 0 Å². The summed E-state index contributed by atoms with van der Waals surface area (Å²) in [6.07, 6.45) is 12.8. The number of hydrogen-bond donors (Lipinski definition) is 2. The van der Waals surface area contributed by atoms with Crippen molar-refractivity contribution >= 4 is 11.9 Å². The van der Waals surface area contributed by atoms with Crippen molar-refractivity contribution in [2.45, 2.75) is 84.0 Å². The summed E-state index contributed by atoms with van der Waals surface area (Å²) in [6, 6.07) is 0. The molecule has 0 aliphatic carbocycles. The van der Waals surface area contributed by atoms with Gasteiger partial charge >= 0.3 is 5.97 Å². The molecule has 0 spiro atoms. The van der Waals surface area contributed by atoms with Gasteiger partial charge in [0.25, 0.3) is 0 Å². The number of carbonyl (C=O) groups is 2. The molecule has 0 aliphatic rings. The van der Waals surface area contributed by atoms with Crippen LogP contribution in [0.5, 0.6) is 0 Å². The Morgan fingerprint density at radius 1 is 0.900 bits per heavy atom. The number of carboxylic acids is 1. The minimum Gasteiger partial charge on any atom is -0.481 e. The van der Waals surface area contributed by atoms with Crippen LogP contribution in [-0.2, 0) is 9.59 Å². The van der Waals surface area contributed by atoms with Gasteiger partial charge in [-0.15, -0.1) is 0 Å². The molecule has 0 aliphatic heterocycles. The molecule has 118 valence electrons. The molecular formula is C16H31NO3. The standard InChI is InChI=1S/C16H31NO3/c1-2-3-4-5-6-7-8-9-10-11-12-14(16(17)20)13-15(18)19/h14H,2-13H2,1H3,(H2,17,20)(H,18,19). The van der Waals surface area contributed by atoms with Gasteiger partial charge in [0.1, 0.15) is 0 Å². The molecule has 3 N–H and O–H groups in total. The predicted molar refractivity (Wildman–Crippen MR) is 81.4 cm³/mol. The minimum atomic E-state index is -0.944. The average molecular weight is 285 g/mol. The summed E-state index contributed by atoms with van der Waals surface area (Å²) in [7, 11) is 0. The average Bonchev–Trinajstić information content (AvgIpc) is 2.39. The zero-order chi connectivity index (χ0) is 15.2. The fraction of sp³-hybridized carbons (Fsp3) is 0.875. The van der Waals surface area contributed by atoms with E-state index in [9.17, 15) is 9.59 Å². The molecule has 0 aromatic carbocycles. The highest BCUT2D eigenvalue weighted by Gasteiger charge is 2.18. The summed E-state index contributed by atoms with van der Waals surface area (Å²) in [5.41, 5.74) is 5.20. The van der Waals surface area contributed by atoms with Crippen LogP contribution in [0.1, 0.15) is 84.0 Å². The summed E-state index contributed by atoms with van der Waals surface area (Å²) in [4.78, 5) is 21.7. The Morgan fingerprint density at radius 2 is 1.35 bits per heavy atom. The predicted octanol–water partition coefficient (Wildman–Crippen LogP) is 3.87. The maximum Gasteiger partial charge on any atom is 0.304 e. The number of primary amides is 1. The Morgan fingerprint density at radius 3 is 1.75 bits per heavy atom. The second-order valence-electron chi connectivity index (χ2n) is 5.67. The van der Waals surface area contributed by atoms with Crippen molar-refractivity contribution < 1.29 is 14.7 Å². The van der Waals surface area contributed by atoms with E-state index in [1.807, 2.05) is 0 Å². The van der Waals surface area contributed by atoms with E-state index in [0.717, 1.165) is 12.8 Å². The molecule has 0 rings (SSSR count). The van der Waals surface area contributed by atoms with Gasteiger partial charge in [-0.3, -0.25) is 9.59 Å². The van der Waals surface area contributed by atoms with Crippen molar-refractivity contribution in [1.29, 1.82) is 0 Å². The molecular weight excluding hydrogens is 254 g/mol. The number of rotatable bonds is 14.